The summed E-state index contributed by atoms with van der Waals surface area (Å²) in [7, 11) is 0. The Morgan fingerprint density at radius 3 is 2.85 bits per heavy atom. The minimum atomic E-state index is 0.256. The number of hydrogen-bond donors (Lipinski definition) is 1. The topological polar surface area (TPSA) is 15.3 Å². The van der Waals surface area contributed by atoms with Crippen LogP contribution in [0.15, 0.2) is 12.2 Å². The summed E-state index contributed by atoms with van der Waals surface area (Å²) in [6.45, 7) is 15.1. The van der Waals surface area contributed by atoms with E-state index in [-0.39, 0.29) is 5.54 Å². The fourth-order valence-corrected chi connectivity index (χ4v) is 1.94. The van der Waals surface area contributed by atoms with Gasteiger partial charge in [-0.1, -0.05) is 12.2 Å². The van der Waals surface area contributed by atoms with Crippen LogP contribution in [0.1, 0.15) is 27.2 Å². The van der Waals surface area contributed by atoms with Crippen LogP contribution in [-0.4, -0.2) is 36.6 Å². The maximum atomic E-state index is 3.97. The fraction of sp³-hybridized carbons (Fsp3) is 0.818. The first-order valence-electron chi connectivity index (χ1n) is 5.11. The van der Waals surface area contributed by atoms with Crippen LogP contribution in [0.5, 0.6) is 0 Å². The van der Waals surface area contributed by atoms with Crippen LogP contribution in [-0.2, 0) is 0 Å². The summed E-state index contributed by atoms with van der Waals surface area (Å²) in [5, 5.41) is 3.55. The Kier molecular flexibility index (Phi) is 3.51. The van der Waals surface area contributed by atoms with E-state index >= 15 is 0 Å². The Bertz CT molecular complexity index is 185. The molecule has 1 N–H and O–H groups in total. The molecule has 0 spiro atoms. The molecule has 76 valence electrons. The monoisotopic (exact) mass is 182 g/mol. The number of rotatable bonds is 2. The van der Waals surface area contributed by atoms with Gasteiger partial charge in [0, 0.05) is 18.6 Å². The third-order valence-electron chi connectivity index (χ3n) is 2.37. The molecule has 0 aliphatic carbocycles. The van der Waals surface area contributed by atoms with Gasteiger partial charge >= 0.3 is 0 Å². The highest BCUT2D eigenvalue weighted by atomic mass is 15.2. The third-order valence-corrected chi connectivity index (χ3v) is 2.37. The highest BCUT2D eigenvalue weighted by molar-refractivity contribution is 4.95. The Morgan fingerprint density at radius 2 is 2.23 bits per heavy atom. The second kappa shape index (κ2) is 4.25. The van der Waals surface area contributed by atoms with Gasteiger partial charge in [0.15, 0.2) is 0 Å². The molecule has 1 aliphatic heterocycles. The summed E-state index contributed by atoms with van der Waals surface area (Å²) < 4.78 is 0. The molecule has 0 bridgehead atoms. The van der Waals surface area contributed by atoms with E-state index in [2.05, 4.69) is 37.6 Å². The van der Waals surface area contributed by atoms with Crippen LogP contribution in [0.25, 0.3) is 0 Å². The maximum Gasteiger partial charge on any atom is 0.0252 e. The average molecular weight is 182 g/mol. The Balaban J connectivity index is 2.49. The van der Waals surface area contributed by atoms with E-state index in [4.69, 9.17) is 0 Å². The average Bonchev–Trinajstić information content (AvgIpc) is 2.09. The standard InChI is InChI=1S/C11H22N2/c1-10(2)8-13-7-5-6-12-11(3,4)9-13/h12H,1,5-9H2,2-4H3. The van der Waals surface area contributed by atoms with Crippen LogP contribution in [0.4, 0.5) is 0 Å². The van der Waals surface area contributed by atoms with E-state index in [0.717, 1.165) is 19.6 Å². The first-order chi connectivity index (χ1) is 5.99. The second-order valence-electron chi connectivity index (χ2n) is 4.83. The molecule has 2 heteroatoms. The van der Waals surface area contributed by atoms with Gasteiger partial charge in [-0.25, -0.2) is 0 Å². The molecular formula is C11H22N2. The van der Waals surface area contributed by atoms with Gasteiger partial charge in [0.2, 0.25) is 0 Å². The van der Waals surface area contributed by atoms with Crippen LogP contribution in [0.3, 0.4) is 0 Å². The summed E-state index contributed by atoms with van der Waals surface area (Å²) in [6.07, 6.45) is 1.25. The van der Waals surface area contributed by atoms with E-state index in [9.17, 15) is 0 Å². The Labute approximate surface area is 82.0 Å². The summed E-state index contributed by atoms with van der Waals surface area (Å²) in [6, 6.07) is 0. The molecule has 1 rings (SSSR count). The predicted octanol–water partition coefficient (Wildman–Crippen LogP) is 1.64. The molecule has 0 aromatic rings. The van der Waals surface area contributed by atoms with Crippen LogP contribution in [0.2, 0.25) is 0 Å². The van der Waals surface area contributed by atoms with Crippen molar-refractivity contribution >= 4 is 0 Å². The van der Waals surface area contributed by atoms with Gasteiger partial charge in [-0.2, -0.15) is 0 Å². The van der Waals surface area contributed by atoms with Crippen molar-refractivity contribution in [3.8, 4) is 0 Å². The molecule has 13 heavy (non-hydrogen) atoms. The minimum Gasteiger partial charge on any atom is -0.310 e. The number of nitrogens with one attached hydrogen (secondary N) is 1. The molecule has 0 amide bonds. The molecule has 0 aromatic heterocycles. The SMILES string of the molecule is C=C(C)CN1CCCNC(C)(C)C1. The maximum absolute atomic E-state index is 3.97. The van der Waals surface area contributed by atoms with Gasteiger partial charge in [0.1, 0.15) is 0 Å². The highest BCUT2D eigenvalue weighted by Crippen LogP contribution is 2.11. The zero-order chi connectivity index (χ0) is 9.90. The van der Waals surface area contributed by atoms with E-state index in [1.807, 2.05) is 0 Å². The van der Waals surface area contributed by atoms with Gasteiger partial charge in [-0.05, 0) is 40.3 Å². The van der Waals surface area contributed by atoms with Crippen LogP contribution < -0.4 is 5.32 Å². The van der Waals surface area contributed by atoms with Gasteiger partial charge in [0.05, 0.1) is 0 Å². The fourth-order valence-electron chi connectivity index (χ4n) is 1.94. The second-order valence-corrected chi connectivity index (χ2v) is 4.83. The zero-order valence-corrected chi connectivity index (χ0v) is 9.19. The van der Waals surface area contributed by atoms with Crippen molar-refractivity contribution in [1.82, 2.24) is 10.2 Å². The smallest absolute Gasteiger partial charge is 0.0252 e. The van der Waals surface area contributed by atoms with Crippen molar-refractivity contribution in [2.45, 2.75) is 32.7 Å². The number of nitrogens with zero attached hydrogens (tertiary/aromatic N) is 1. The van der Waals surface area contributed by atoms with E-state index in [1.54, 1.807) is 0 Å². The third kappa shape index (κ3) is 3.92. The van der Waals surface area contributed by atoms with Crippen molar-refractivity contribution in [2.75, 3.05) is 26.2 Å². The molecular weight excluding hydrogens is 160 g/mol. The Morgan fingerprint density at radius 1 is 1.54 bits per heavy atom. The lowest BCUT2D eigenvalue weighted by Crippen LogP contribution is -2.46. The molecule has 1 aliphatic rings. The molecule has 1 fully saturated rings. The molecule has 1 saturated heterocycles. The van der Waals surface area contributed by atoms with Crippen molar-refractivity contribution in [3.63, 3.8) is 0 Å². The quantitative estimate of drug-likeness (QED) is 0.653. The Hall–Kier alpha value is -0.340. The van der Waals surface area contributed by atoms with E-state index < -0.39 is 0 Å². The molecule has 0 unspecified atom stereocenters. The summed E-state index contributed by atoms with van der Waals surface area (Å²) >= 11 is 0. The predicted molar refractivity (Wildman–Crippen MR) is 58.0 cm³/mol. The van der Waals surface area contributed by atoms with E-state index in [0.29, 0.717) is 0 Å². The lowest BCUT2D eigenvalue weighted by Gasteiger charge is -2.30. The zero-order valence-electron chi connectivity index (χ0n) is 9.19. The molecule has 0 aromatic carbocycles. The molecule has 2 nitrogen and oxygen atoms in total. The number of hydrogen-bond acceptors (Lipinski definition) is 2. The van der Waals surface area contributed by atoms with Gasteiger partial charge < -0.3 is 5.32 Å². The van der Waals surface area contributed by atoms with Gasteiger partial charge in [-0.3, -0.25) is 4.90 Å². The van der Waals surface area contributed by atoms with Gasteiger partial charge in [-0.15, -0.1) is 0 Å². The normalized spacial score (nSPS) is 23.9. The summed E-state index contributed by atoms with van der Waals surface area (Å²) in [5.74, 6) is 0. The minimum absolute atomic E-state index is 0.256. The highest BCUT2D eigenvalue weighted by Gasteiger charge is 2.23. The van der Waals surface area contributed by atoms with Crippen molar-refractivity contribution < 1.29 is 0 Å². The van der Waals surface area contributed by atoms with Crippen molar-refractivity contribution in [3.05, 3.63) is 12.2 Å². The largest absolute Gasteiger partial charge is 0.310 e. The lowest BCUT2D eigenvalue weighted by atomic mass is 10.1. The van der Waals surface area contributed by atoms with Crippen molar-refractivity contribution in [2.24, 2.45) is 0 Å². The van der Waals surface area contributed by atoms with Crippen LogP contribution in [0, 0.1) is 0 Å². The first kappa shape index (κ1) is 10.7. The molecule has 0 saturated carbocycles. The summed E-state index contributed by atoms with van der Waals surface area (Å²) in [5.41, 5.74) is 1.52. The molecule has 0 atom stereocenters. The first-order valence-corrected chi connectivity index (χ1v) is 5.11. The van der Waals surface area contributed by atoms with Gasteiger partial charge in [0.25, 0.3) is 0 Å². The van der Waals surface area contributed by atoms with E-state index in [1.165, 1.54) is 18.5 Å². The van der Waals surface area contributed by atoms with Crippen LogP contribution >= 0.6 is 0 Å². The molecule has 1 heterocycles. The van der Waals surface area contributed by atoms with Crippen molar-refractivity contribution in [1.29, 1.82) is 0 Å². The lowest BCUT2D eigenvalue weighted by molar-refractivity contribution is 0.247. The summed E-state index contributed by atoms with van der Waals surface area (Å²) in [4.78, 5) is 2.49. The molecule has 0 radical (unpaired) electrons.